The van der Waals surface area contributed by atoms with Crippen LogP contribution >= 0.6 is 11.6 Å². The molecule has 1 saturated carbocycles. The molecule has 0 amide bonds. The van der Waals surface area contributed by atoms with Crippen LogP contribution in [0.3, 0.4) is 0 Å². The second kappa shape index (κ2) is 5.19. The maximum absolute atomic E-state index is 12.1. The summed E-state index contributed by atoms with van der Waals surface area (Å²) in [5, 5.41) is 3.84. The SMILES string of the molecule is Cc1noc(C)c1S(=O)(=O)NCC1CCC(Cl)C1. The van der Waals surface area contributed by atoms with E-state index in [1.54, 1.807) is 13.8 Å². The molecule has 0 aromatic carbocycles. The number of alkyl halides is 1. The Labute approximate surface area is 112 Å². The Morgan fingerprint density at radius 2 is 2.17 bits per heavy atom. The van der Waals surface area contributed by atoms with Gasteiger partial charge in [0.25, 0.3) is 0 Å². The van der Waals surface area contributed by atoms with Crippen LogP contribution in [0.1, 0.15) is 30.7 Å². The lowest BCUT2D eigenvalue weighted by Crippen LogP contribution is -2.29. The van der Waals surface area contributed by atoms with Gasteiger partial charge in [0.05, 0.1) is 0 Å². The molecule has 18 heavy (non-hydrogen) atoms. The van der Waals surface area contributed by atoms with Gasteiger partial charge in [-0.25, -0.2) is 13.1 Å². The monoisotopic (exact) mass is 292 g/mol. The molecule has 0 bridgehead atoms. The van der Waals surface area contributed by atoms with Gasteiger partial charge in [-0.1, -0.05) is 5.16 Å². The highest BCUT2D eigenvalue weighted by Gasteiger charge is 2.27. The molecule has 1 aromatic heterocycles. The summed E-state index contributed by atoms with van der Waals surface area (Å²) in [5.74, 6) is 0.643. The summed E-state index contributed by atoms with van der Waals surface area (Å²) < 4.78 is 31.8. The summed E-state index contributed by atoms with van der Waals surface area (Å²) in [5.41, 5.74) is 0.390. The van der Waals surface area contributed by atoms with Crippen molar-refractivity contribution in [3.8, 4) is 0 Å². The molecule has 1 N–H and O–H groups in total. The highest BCUT2D eigenvalue weighted by Crippen LogP contribution is 2.29. The molecule has 1 heterocycles. The number of rotatable bonds is 4. The van der Waals surface area contributed by atoms with E-state index in [9.17, 15) is 8.42 Å². The Hall–Kier alpha value is -0.590. The molecule has 5 nitrogen and oxygen atoms in total. The van der Waals surface area contributed by atoms with Crippen LogP contribution in [0.4, 0.5) is 0 Å². The van der Waals surface area contributed by atoms with Crippen LogP contribution in [0.5, 0.6) is 0 Å². The number of sulfonamides is 1. The maximum atomic E-state index is 12.1. The molecule has 1 fully saturated rings. The van der Waals surface area contributed by atoms with Crippen LogP contribution in [0.15, 0.2) is 9.42 Å². The smallest absolute Gasteiger partial charge is 0.245 e. The van der Waals surface area contributed by atoms with Crippen molar-refractivity contribution in [3.63, 3.8) is 0 Å². The third kappa shape index (κ3) is 2.87. The summed E-state index contributed by atoms with van der Waals surface area (Å²) >= 11 is 6.00. The lowest BCUT2D eigenvalue weighted by Gasteiger charge is -2.11. The first-order chi connectivity index (χ1) is 8.40. The number of nitrogens with zero attached hydrogens (tertiary/aromatic N) is 1. The van der Waals surface area contributed by atoms with E-state index in [1.807, 2.05) is 0 Å². The van der Waals surface area contributed by atoms with E-state index >= 15 is 0 Å². The van der Waals surface area contributed by atoms with Crippen molar-refractivity contribution < 1.29 is 12.9 Å². The summed E-state index contributed by atoms with van der Waals surface area (Å²) in [4.78, 5) is 0.155. The minimum absolute atomic E-state index is 0.155. The van der Waals surface area contributed by atoms with Crippen molar-refractivity contribution in [2.75, 3.05) is 6.54 Å². The molecule has 0 aliphatic heterocycles. The number of nitrogens with one attached hydrogen (secondary N) is 1. The summed E-state index contributed by atoms with van der Waals surface area (Å²) in [7, 11) is -3.53. The molecule has 0 saturated heterocycles. The lowest BCUT2D eigenvalue weighted by atomic mass is 10.1. The zero-order chi connectivity index (χ0) is 13.3. The van der Waals surface area contributed by atoms with Gasteiger partial charge in [-0.05, 0) is 39.0 Å². The third-order valence-electron chi connectivity index (χ3n) is 3.28. The molecule has 1 aromatic rings. The van der Waals surface area contributed by atoms with Crippen LogP contribution in [0.2, 0.25) is 0 Å². The Balaban J connectivity index is 2.04. The van der Waals surface area contributed by atoms with Crippen LogP contribution in [0.25, 0.3) is 0 Å². The Bertz CT molecular complexity index is 507. The second-order valence-corrected chi connectivity index (χ2v) is 7.10. The molecule has 2 rings (SSSR count). The Morgan fingerprint density at radius 1 is 1.44 bits per heavy atom. The van der Waals surface area contributed by atoms with Crippen molar-refractivity contribution in [3.05, 3.63) is 11.5 Å². The molecule has 0 radical (unpaired) electrons. The number of aromatic nitrogens is 1. The molecular weight excluding hydrogens is 276 g/mol. The first-order valence-electron chi connectivity index (χ1n) is 5.96. The van der Waals surface area contributed by atoms with Crippen molar-refractivity contribution in [2.24, 2.45) is 5.92 Å². The van der Waals surface area contributed by atoms with E-state index < -0.39 is 10.0 Å². The normalized spacial score (nSPS) is 24.6. The largest absolute Gasteiger partial charge is 0.360 e. The standard InChI is InChI=1S/C11H17ClN2O3S/c1-7-11(8(2)17-14-7)18(15,16)13-6-9-3-4-10(12)5-9/h9-10,13H,3-6H2,1-2H3. The van der Waals surface area contributed by atoms with Crippen molar-refractivity contribution in [1.29, 1.82) is 0 Å². The number of aryl methyl sites for hydroxylation is 2. The third-order valence-corrected chi connectivity index (χ3v) is 5.34. The molecule has 7 heteroatoms. The van der Waals surface area contributed by atoms with Crippen LogP contribution in [-0.2, 0) is 10.0 Å². The van der Waals surface area contributed by atoms with Crippen LogP contribution in [-0.4, -0.2) is 25.5 Å². The van der Waals surface area contributed by atoms with Gasteiger partial charge in [0, 0.05) is 11.9 Å². The molecule has 102 valence electrons. The lowest BCUT2D eigenvalue weighted by molar-refractivity contribution is 0.390. The van der Waals surface area contributed by atoms with Crippen LogP contribution in [0, 0.1) is 19.8 Å². The zero-order valence-electron chi connectivity index (χ0n) is 10.4. The van der Waals surface area contributed by atoms with Crippen LogP contribution < -0.4 is 4.72 Å². The average Bonchev–Trinajstić information content (AvgIpc) is 2.83. The fourth-order valence-corrected chi connectivity index (χ4v) is 4.18. The first kappa shape index (κ1) is 13.8. The molecule has 1 aliphatic carbocycles. The van der Waals surface area contributed by atoms with E-state index in [4.69, 9.17) is 16.1 Å². The number of hydrogen-bond donors (Lipinski definition) is 1. The topological polar surface area (TPSA) is 72.2 Å². The fourth-order valence-electron chi connectivity index (χ4n) is 2.36. The second-order valence-electron chi connectivity index (χ2n) is 4.78. The highest BCUT2D eigenvalue weighted by atomic mass is 35.5. The minimum Gasteiger partial charge on any atom is -0.360 e. The van der Waals surface area contributed by atoms with Crippen molar-refractivity contribution >= 4 is 21.6 Å². The Kier molecular flexibility index (Phi) is 3.99. The van der Waals surface area contributed by atoms with Gasteiger partial charge in [-0.3, -0.25) is 0 Å². The summed E-state index contributed by atoms with van der Waals surface area (Å²) in [6, 6.07) is 0. The molecule has 0 spiro atoms. The van der Waals surface area contributed by atoms with Gasteiger partial charge in [-0.2, -0.15) is 0 Å². The predicted molar refractivity (Wildman–Crippen MR) is 68.1 cm³/mol. The number of hydrogen-bond acceptors (Lipinski definition) is 4. The van der Waals surface area contributed by atoms with E-state index in [1.165, 1.54) is 0 Å². The van der Waals surface area contributed by atoms with Gasteiger partial charge in [0.2, 0.25) is 10.0 Å². The average molecular weight is 293 g/mol. The zero-order valence-corrected chi connectivity index (χ0v) is 12.0. The molecule has 2 atom stereocenters. The van der Waals surface area contributed by atoms with E-state index in [0.717, 1.165) is 19.3 Å². The van der Waals surface area contributed by atoms with Gasteiger partial charge < -0.3 is 4.52 Å². The minimum atomic E-state index is -3.53. The maximum Gasteiger partial charge on any atom is 0.245 e. The fraction of sp³-hybridized carbons (Fsp3) is 0.727. The quantitative estimate of drug-likeness (QED) is 0.861. The summed E-state index contributed by atoms with van der Waals surface area (Å²) in [6.07, 6.45) is 2.79. The highest BCUT2D eigenvalue weighted by molar-refractivity contribution is 7.89. The van der Waals surface area contributed by atoms with E-state index in [0.29, 0.717) is 23.9 Å². The van der Waals surface area contributed by atoms with Gasteiger partial charge in [0.15, 0.2) is 5.76 Å². The number of halogens is 1. The van der Waals surface area contributed by atoms with Crippen molar-refractivity contribution in [2.45, 2.75) is 43.4 Å². The predicted octanol–water partition coefficient (Wildman–Crippen LogP) is 1.98. The molecule has 1 aliphatic rings. The van der Waals surface area contributed by atoms with Gasteiger partial charge in [0.1, 0.15) is 10.6 Å². The van der Waals surface area contributed by atoms with Crippen molar-refractivity contribution in [1.82, 2.24) is 9.88 Å². The first-order valence-corrected chi connectivity index (χ1v) is 7.88. The Morgan fingerprint density at radius 3 is 2.67 bits per heavy atom. The van der Waals surface area contributed by atoms with Gasteiger partial charge >= 0.3 is 0 Å². The molecule has 2 unspecified atom stereocenters. The van der Waals surface area contributed by atoms with E-state index in [2.05, 4.69) is 9.88 Å². The van der Waals surface area contributed by atoms with Gasteiger partial charge in [-0.15, -0.1) is 11.6 Å². The van der Waals surface area contributed by atoms with E-state index in [-0.39, 0.29) is 10.3 Å². The molecular formula is C11H17ClN2O3S. The summed E-state index contributed by atoms with van der Waals surface area (Å²) in [6.45, 7) is 3.64.